The topological polar surface area (TPSA) is 105 Å². The Labute approximate surface area is 174 Å². The predicted molar refractivity (Wildman–Crippen MR) is 115 cm³/mol. The molecule has 0 amide bonds. The van der Waals surface area contributed by atoms with Crippen LogP contribution in [0.25, 0.3) is 0 Å². The fraction of sp³-hybridized carbons (Fsp3) is 0.304. The van der Waals surface area contributed by atoms with Gasteiger partial charge in [-0.3, -0.25) is 9.59 Å². The van der Waals surface area contributed by atoms with Crippen LogP contribution in [0.1, 0.15) is 47.8 Å². The Morgan fingerprint density at radius 3 is 2.10 bits per heavy atom. The monoisotopic (exact) mass is 410 g/mol. The second-order valence-corrected chi connectivity index (χ2v) is 7.27. The van der Waals surface area contributed by atoms with E-state index < -0.39 is 11.5 Å². The molecular weight excluding hydrogens is 384 g/mol. The standard InChI is InChI=1S/C23H26N2O5/c1-5-24-13(3)10-17(27)22(23(24)30)21(15-8-7-9-16(26)11-15)20-14(4)25(6-2)19(29)12-18(20)28/h7-12,21,26-28H,5-6H2,1-4H3. The number of rotatable bonds is 5. The van der Waals surface area contributed by atoms with Gasteiger partial charge in [-0.2, -0.15) is 0 Å². The van der Waals surface area contributed by atoms with Gasteiger partial charge in [-0.25, -0.2) is 0 Å². The van der Waals surface area contributed by atoms with E-state index in [-0.39, 0.29) is 28.4 Å². The van der Waals surface area contributed by atoms with Gasteiger partial charge in [0.1, 0.15) is 17.2 Å². The maximum absolute atomic E-state index is 13.3. The molecular formula is C23H26N2O5. The minimum absolute atomic E-state index is 0.0131. The Morgan fingerprint density at radius 1 is 0.867 bits per heavy atom. The molecule has 0 aliphatic heterocycles. The van der Waals surface area contributed by atoms with Crippen molar-refractivity contribution in [2.24, 2.45) is 0 Å². The Kier molecular flexibility index (Phi) is 5.73. The molecule has 0 radical (unpaired) electrons. The highest BCUT2D eigenvalue weighted by molar-refractivity contribution is 5.54. The summed E-state index contributed by atoms with van der Waals surface area (Å²) < 4.78 is 3.03. The van der Waals surface area contributed by atoms with E-state index in [0.717, 1.165) is 6.07 Å². The minimum Gasteiger partial charge on any atom is -0.508 e. The van der Waals surface area contributed by atoms with E-state index in [1.54, 1.807) is 26.0 Å². The molecule has 2 heterocycles. The molecule has 1 aromatic carbocycles. The van der Waals surface area contributed by atoms with E-state index >= 15 is 0 Å². The molecule has 7 nitrogen and oxygen atoms in total. The van der Waals surface area contributed by atoms with E-state index in [1.807, 2.05) is 13.8 Å². The van der Waals surface area contributed by atoms with Crippen LogP contribution in [0.4, 0.5) is 0 Å². The summed E-state index contributed by atoms with van der Waals surface area (Å²) >= 11 is 0. The highest BCUT2D eigenvalue weighted by Crippen LogP contribution is 2.40. The molecule has 0 aliphatic rings. The number of hydrogen-bond acceptors (Lipinski definition) is 5. The SMILES string of the molecule is CCn1c(C)c(C(c2cccc(O)c2)c2c(O)cc(C)n(CC)c2=O)c(O)cc1=O. The first-order valence-corrected chi connectivity index (χ1v) is 9.86. The van der Waals surface area contributed by atoms with Gasteiger partial charge in [0.15, 0.2) is 0 Å². The summed E-state index contributed by atoms with van der Waals surface area (Å²) in [7, 11) is 0. The third-order valence-corrected chi connectivity index (χ3v) is 5.53. The van der Waals surface area contributed by atoms with Gasteiger partial charge in [0.05, 0.1) is 5.56 Å². The van der Waals surface area contributed by atoms with Gasteiger partial charge in [0.25, 0.3) is 11.1 Å². The number of nitrogens with zero attached hydrogens (tertiary/aromatic N) is 2. The van der Waals surface area contributed by atoms with Crippen LogP contribution in [-0.2, 0) is 13.1 Å². The molecule has 3 aromatic rings. The summed E-state index contributed by atoms with van der Waals surface area (Å²) in [5.74, 6) is -1.37. The first-order chi connectivity index (χ1) is 14.2. The summed E-state index contributed by atoms with van der Waals surface area (Å²) in [6, 6.07) is 8.95. The van der Waals surface area contributed by atoms with E-state index in [4.69, 9.17) is 0 Å². The summed E-state index contributed by atoms with van der Waals surface area (Å²) in [5.41, 5.74) is 1.26. The second-order valence-electron chi connectivity index (χ2n) is 7.27. The smallest absolute Gasteiger partial charge is 0.258 e. The Hall–Kier alpha value is -3.48. The number of benzene rings is 1. The van der Waals surface area contributed by atoms with Gasteiger partial charge >= 0.3 is 0 Å². The maximum atomic E-state index is 13.3. The highest BCUT2D eigenvalue weighted by atomic mass is 16.3. The van der Waals surface area contributed by atoms with Gasteiger partial charge < -0.3 is 24.5 Å². The van der Waals surface area contributed by atoms with E-state index in [0.29, 0.717) is 35.6 Å². The zero-order valence-corrected chi connectivity index (χ0v) is 17.5. The molecule has 0 bridgehead atoms. The van der Waals surface area contributed by atoms with E-state index in [2.05, 4.69) is 0 Å². The van der Waals surface area contributed by atoms with Crippen LogP contribution in [0.15, 0.2) is 46.0 Å². The average Bonchev–Trinajstić information content (AvgIpc) is 2.66. The van der Waals surface area contributed by atoms with Crippen molar-refractivity contribution < 1.29 is 15.3 Å². The molecule has 2 aromatic heterocycles. The van der Waals surface area contributed by atoms with Crippen LogP contribution in [0.5, 0.6) is 17.2 Å². The number of aryl methyl sites for hydroxylation is 1. The molecule has 3 N–H and O–H groups in total. The maximum Gasteiger partial charge on any atom is 0.258 e. The molecule has 0 saturated heterocycles. The van der Waals surface area contributed by atoms with E-state index in [1.165, 1.54) is 27.3 Å². The minimum atomic E-state index is -0.888. The molecule has 0 fully saturated rings. The first kappa shape index (κ1) is 21.2. The van der Waals surface area contributed by atoms with Crippen molar-refractivity contribution in [1.29, 1.82) is 0 Å². The summed E-state index contributed by atoms with van der Waals surface area (Å²) in [5, 5.41) is 31.6. The van der Waals surface area contributed by atoms with Crippen molar-refractivity contribution in [3.8, 4) is 17.2 Å². The lowest BCUT2D eigenvalue weighted by atomic mass is 9.83. The predicted octanol–water partition coefficient (Wildman–Crippen LogP) is 2.96. The lowest BCUT2D eigenvalue weighted by Gasteiger charge is -2.25. The number of aromatic nitrogens is 2. The van der Waals surface area contributed by atoms with Crippen LogP contribution < -0.4 is 11.1 Å². The van der Waals surface area contributed by atoms with E-state index in [9.17, 15) is 24.9 Å². The van der Waals surface area contributed by atoms with Crippen LogP contribution in [-0.4, -0.2) is 24.5 Å². The van der Waals surface area contributed by atoms with Crippen molar-refractivity contribution >= 4 is 0 Å². The van der Waals surface area contributed by atoms with Crippen molar-refractivity contribution in [2.45, 2.75) is 46.7 Å². The molecule has 0 saturated carbocycles. The third-order valence-electron chi connectivity index (χ3n) is 5.53. The molecule has 3 rings (SSSR count). The summed E-state index contributed by atoms with van der Waals surface area (Å²) in [4.78, 5) is 25.7. The van der Waals surface area contributed by atoms with Gasteiger partial charge in [-0.15, -0.1) is 0 Å². The average molecular weight is 410 g/mol. The fourth-order valence-electron chi connectivity index (χ4n) is 4.13. The number of hydrogen-bond donors (Lipinski definition) is 3. The number of pyridine rings is 2. The number of phenols is 1. The number of phenolic OH excluding ortho intramolecular Hbond substituents is 1. The Balaban J connectivity index is 2.48. The molecule has 7 heteroatoms. The molecule has 0 spiro atoms. The largest absolute Gasteiger partial charge is 0.508 e. The second kappa shape index (κ2) is 8.10. The van der Waals surface area contributed by atoms with Crippen LogP contribution in [0, 0.1) is 13.8 Å². The van der Waals surface area contributed by atoms with Crippen molar-refractivity contribution in [3.05, 3.63) is 85.2 Å². The quantitative estimate of drug-likeness (QED) is 0.600. The Bertz CT molecular complexity index is 1220. The molecule has 0 aliphatic carbocycles. The molecule has 30 heavy (non-hydrogen) atoms. The Morgan fingerprint density at radius 2 is 1.50 bits per heavy atom. The van der Waals surface area contributed by atoms with Gasteiger partial charge in [-0.05, 0) is 51.5 Å². The van der Waals surface area contributed by atoms with Crippen molar-refractivity contribution in [2.75, 3.05) is 0 Å². The van der Waals surface area contributed by atoms with Crippen LogP contribution >= 0.6 is 0 Å². The van der Waals surface area contributed by atoms with Crippen LogP contribution in [0.3, 0.4) is 0 Å². The van der Waals surface area contributed by atoms with Gasteiger partial charge in [-0.1, -0.05) is 12.1 Å². The highest BCUT2D eigenvalue weighted by Gasteiger charge is 2.30. The summed E-state index contributed by atoms with van der Waals surface area (Å²) in [6.45, 7) is 7.86. The third kappa shape index (κ3) is 3.47. The first-order valence-electron chi connectivity index (χ1n) is 9.86. The normalized spacial score (nSPS) is 12.1. The number of aromatic hydroxyl groups is 3. The van der Waals surface area contributed by atoms with Gasteiger partial charge in [0.2, 0.25) is 0 Å². The van der Waals surface area contributed by atoms with Gasteiger partial charge in [0, 0.05) is 42.0 Å². The molecule has 158 valence electrons. The lowest BCUT2D eigenvalue weighted by Crippen LogP contribution is -2.29. The lowest BCUT2D eigenvalue weighted by molar-refractivity contribution is 0.448. The fourth-order valence-corrected chi connectivity index (χ4v) is 4.13. The van der Waals surface area contributed by atoms with Crippen molar-refractivity contribution in [3.63, 3.8) is 0 Å². The molecule has 1 atom stereocenters. The molecule has 1 unspecified atom stereocenters. The zero-order chi connectivity index (χ0) is 22.2. The summed E-state index contributed by atoms with van der Waals surface area (Å²) in [6.07, 6.45) is 0. The van der Waals surface area contributed by atoms with Crippen molar-refractivity contribution in [1.82, 2.24) is 9.13 Å². The van der Waals surface area contributed by atoms with Crippen LogP contribution in [0.2, 0.25) is 0 Å². The zero-order valence-electron chi connectivity index (χ0n) is 17.5.